The quantitative estimate of drug-likeness (QED) is 0.896. The van der Waals surface area contributed by atoms with Gasteiger partial charge < -0.3 is 5.32 Å². The van der Waals surface area contributed by atoms with E-state index in [-0.39, 0.29) is 0 Å². The van der Waals surface area contributed by atoms with Crippen LogP contribution in [0.3, 0.4) is 0 Å². The number of hydrogen-bond donors (Lipinski definition) is 1. The van der Waals surface area contributed by atoms with E-state index in [9.17, 15) is 0 Å². The van der Waals surface area contributed by atoms with Crippen molar-refractivity contribution < 1.29 is 0 Å². The zero-order valence-electron chi connectivity index (χ0n) is 9.03. The Hall–Kier alpha value is -1.06. The van der Waals surface area contributed by atoms with Crippen molar-refractivity contribution in [2.75, 3.05) is 11.9 Å². The Morgan fingerprint density at radius 1 is 1.38 bits per heavy atom. The summed E-state index contributed by atoms with van der Waals surface area (Å²) in [7, 11) is 0. The zero-order chi connectivity index (χ0) is 11.4. The molecule has 4 heteroatoms. The molecule has 84 valence electrons. The lowest BCUT2D eigenvalue weighted by molar-refractivity contribution is 1.02. The summed E-state index contributed by atoms with van der Waals surface area (Å²) in [6.45, 7) is 2.94. The van der Waals surface area contributed by atoms with Crippen LogP contribution in [0.4, 0.5) is 5.82 Å². The van der Waals surface area contributed by atoms with Gasteiger partial charge in [-0.25, -0.2) is 4.98 Å². The maximum atomic E-state index is 5.87. The molecule has 0 aliphatic heterocycles. The van der Waals surface area contributed by atoms with E-state index in [1.165, 1.54) is 10.4 Å². The van der Waals surface area contributed by atoms with Gasteiger partial charge in [-0.15, -0.1) is 11.3 Å². The molecule has 2 aromatic rings. The summed E-state index contributed by atoms with van der Waals surface area (Å²) in [5.74, 6) is 0.963. The highest BCUT2D eigenvalue weighted by Gasteiger charge is 2.00. The first-order valence-electron chi connectivity index (χ1n) is 5.15. The maximum Gasteiger partial charge on any atom is 0.128 e. The first-order chi connectivity index (χ1) is 7.75. The number of hydrogen-bond acceptors (Lipinski definition) is 3. The van der Waals surface area contributed by atoms with E-state index in [0.29, 0.717) is 0 Å². The Labute approximate surface area is 104 Å². The van der Waals surface area contributed by atoms with E-state index in [4.69, 9.17) is 11.6 Å². The second kappa shape index (κ2) is 5.32. The molecule has 16 heavy (non-hydrogen) atoms. The van der Waals surface area contributed by atoms with Crippen LogP contribution in [-0.2, 0) is 6.42 Å². The molecule has 0 fully saturated rings. The summed E-state index contributed by atoms with van der Waals surface area (Å²) < 4.78 is 0.851. The van der Waals surface area contributed by atoms with Gasteiger partial charge >= 0.3 is 0 Å². The molecule has 2 nitrogen and oxygen atoms in total. The second-order valence-corrected chi connectivity index (χ2v) is 5.35. The van der Waals surface area contributed by atoms with Crippen molar-refractivity contribution in [1.82, 2.24) is 4.98 Å². The molecule has 0 unspecified atom stereocenters. The largest absolute Gasteiger partial charge is 0.369 e. The van der Waals surface area contributed by atoms with E-state index >= 15 is 0 Å². The topological polar surface area (TPSA) is 24.9 Å². The predicted octanol–water partition coefficient (Wildman–Crippen LogP) is 3.76. The van der Waals surface area contributed by atoms with Crippen molar-refractivity contribution >= 4 is 28.8 Å². The number of anilines is 1. The van der Waals surface area contributed by atoms with E-state index in [2.05, 4.69) is 29.4 Å². The zero-order valence-corrected chi connectivity index (χ0v) is 10.6. The first kappa shape index (κ1) is 11.4. The van der Waals surface area contributed by atoms with Crippen LogP contribution in [0.25, 0.3) is 0 Å². The average Bonchev–Trinajstić information content (AvgIpc) is 2.67. The number of thiophene rings is 1. The smallest absolute Gasteiger partial charge is 0.128 e. The van der Waals surface area contributed by atoms with Crippen LogP contribution in [0.15, 0.2) is 30.5 Å². The molecule has 2 rings (SSSR count). The molecular weight excluding hydrogens is 240 g/mol. The Balaban J connectivity index is 1.87. The van der Waals surface area contributed by atoms with Gasteiger partial charge in [-0.05, 0) is 37.1 Å². The highest BCUT2D eigenvalue weighted by Crippen LogP contribution is 2.21. The number of aryl methyl sites for hydroxylation is 1. The summed E-state index contributed by atoms with van der Waals surface area (Å²) in [5, 5.41) is 3.32. The Bertz CT molecular complexity index is 468. The molecule has 0 amide bonds. The highest BCUT2D eigenvalue weighted by atomic mass is 35.5. The molecule has 0 aromatic carbocycles. The first-order valence-corrected chi connectivity index (χ1v) is 6.35. The van der Waals surface area contributed by atoms with E-state index in [1.807, 2.05) is 12.1 Å². The minimum Gasteiger partial charge on any atom is -0.369 e. The van der Waals surface area contributed by atoms with Crippen molar-refractivity contribution in [2.45, 2.75) is 13.3 Å². The van der Waals surface area contributed by atoms with E-state index in [0.717, 1.165) is 23.1 Å². The van der Waals surface area contributed by atoms with Gasteiger partial charge in [0.25, 0.3) is 0 Å². The van der Waals surface area contributed by atoms with Gasteiger partial charge in [0, 0.05) is 17.6 Å². The molecule has 2 aromatic heterocycles. The van der Waals surface area contributed by atoms with Gasteiger partial charge in [0.05, 0.1) is 4.34 Å². The molecule has 2 heterocycles. The monoisotopic (exact) mass is 252 g/mol. The number of nitrogens with one attached hydrogen (secondary N) is 1. The molecule has 1 N–H and O–H groups in total. The van der Waals surface area contributed by atoms with Crippen LogP contribution in [-0.4, -0.2) is 11.5 Å². The van der Waals surface area contributed by atoms with Gasteiger partial charge in [0.1, 0.15) is 5.82 Å². The van der Waals surface area contributed by atoms with Crippen LogP contribution in [0.5, 0.6) is 0 Å². The predicted molar refractivity (Wildman–Crippen MR) is 70.5 cm³/mol. The van der Waals surface area contributed by atoms with E-state index in [1.54, 1.807) is 17.5 Å². The molecule has 0 bridgehead atoms. The number of aromatic nitrogens is 1. The van der Waals surface area contributed by atoms with Crippen molar-refractivity contribution in [3.63, 3.8) is 0 Å². The highest BCUT2D eigenvalue weighted by molar-refractivity contribution is 7.16. The van der Waals surface area contributed by atoms with Gasteiger partial charge in [0.2, 0.25) is 0 Å². The van der Waals surface area contributed by atoms with E-state index < -0.39 is 0 Å². The number of pyridine rings is 1. The molecule has 0 atom stereocenters. The van der Waals surface area contributed by atoms with Crippen LogP contribution in [0.2, 0.25) is 4.34 Å². The van der Waals surface area contributed by atoms with Gasteiger partial charge in [-0.1, -0.05) is 17.7 Å². The van der Waals surface area contributed by atoms with Crippen molar-refractivity contribution in [2.24, 2.45) is 0 Å². The summed E-state index contributed by atoms with van der Waals surface area (Å²) in [5.41, 5.74) is 1.17. The second-order valence-electron chi connectivity index (χ2n) is 3.55. The summed E-state index contributed by atoms with van der Waals surface area (Å²) in [6, 6.07) is 8.00. The molecule has 0 aliphatic rings. The third-order valence-corrected chi connectivity index (χ3v) is 3.59. The van der Waals surface area contributed by atoms with Crippen LogP contribution in [0, 0.1) is 6.92 Å². The molecule has 0 radical (unpaired) electrons. The molecule has 0 aliphatic carbocycles. The summed E-state index contributed by atoms with van der Waals surface area (Å²) in [4.78, 5) is 5.58. The van der Waals surface area contributed by atoms with Gasteiger partial charge in [-0.3, -0.25) is 0 Å². The van der Waals surface area contributed by atoms with Gasteiger partial charge in [-0.2, -0.15) is 0 Å². The number of rotatable bonds is 4. The summed E-state index contributed by atoms with van der Waals surface area (Å²) >= 11 is 7.50. The SMILES string of the molecule is Cc1cccnc1NCCc1ccc(Cl)s1. The van der Waals surface area contributed by atoms with Crippen LogP contribution < -0.4 is 5.32 Å². The third-order valence-electron chi connectivity index (χ3n) is 2.30. The van der Waals surface area contributed by atoms with Crippen molar-refractivity contribution in [3.8, 4) is 0 Å². The molecule has 0 saturated heterocycles. The number of halogens is 1. The molecular formula is C12H13ClN2S. The lowest BCUT2D eigenvalue weighted by atomic mass is 10.3. The minimum absolute atomic E-state index is 0.851. The lowest BCUT2D eigenvalue weighted by Gasteiger charge is -2.06. The standard InChI is InChI=1S/C12H13ClN2S/c1-9-3-2-7-14-12(9)15-8-6-10-4-5-11(13)16-10/h2-5,7H,6,8H2,1H3,(H,14,15). The van der Waals surface area contributed by atoms with Crippen molar-refractivity contribution in [3.05, 3.63) is 45.2 Å². The van der Waals surface area contributed by atoms with Crippen molar-refractivity contribution in [1.29, 1.82) is 0 Å². The third kappa shape index (κ3) is 2.97. The number of nitrogens with zero attached hydrogens (tertiary/aromatic N) is 1. The van der Waals surface area contributed by atoms with Crippen LogP contribution >= 0.6 is 22.9 Å². The van der Waals surface area contributed by atoms with Gasteiger partial charge in [0.15, 0.2) is 0 Å². The molecule has 0 saturated carbocycles. The fourth-order valence-electron chi connectivity index (χ4n) is 1.46. The fraction of sp³-hybridized carbons (Fsp3) is 0.250. The fourth-order valence-corrected chi connectivity index (χ4v) is 2.55. The Morgan fingerprint density at radius 2 is 2.25 bits per heavy atom. The van der Waals surface area contributed by atoms with Crippen LogP contribution in [0.1, 0.15) is 10.4 Å². The Kier molecular flexibility index (Phi) is 3.80. The maximum absolute atomic E-state index is 5.87. The average molecular weight is 253 g/mol. The summed E-state index contributed by atoms with van der Waals surface area (Å²) in [6.07, 6.45) is 2.78. The Morgan fingerprint density at radius 3 is 2.94 bits per heavy atom. The minimum atomic E-state index is 0.851. The lowest BCUT2D eigenvalue weighted by Crippen LogP contribution is -2.06. The molecule has 0 spiro atoms. The normalized spacial score (nSPS) is 10.4.